The number of nitro benzene ring substituents is 1. The lowest BCUT2D eigenvalue weighted by atomic mass is 9.95. The molecular formula is C19H21N3O5. The molecule has 1 aliphatic rings. The van der Waals surface area contributed by atoms with E-state index in [1.54, 1.807) is 6.07 Å². The van der Waals surface area contributed by atoms with Crippen LogP contribution in [0.2, 0.25) is 0 Å². The van der Waals surface area contributed by atoms with E-state index in [-0.39, 0.29) is 17.6 Å². The van der Waals surface area contributed by atoms with E-state index >= 15 is 0 Å². The number of urea groups is 1. The number of fused-ring (bicyclic) bond motifs is 1. The van der Waals surface area contributed by atoms with Crippen molar-refractivity contribution in [2.45, 2.75) is 19.9 Å². The molecule has 0 radical (unpaired) electrons. The quantitative estimate of drug-likeness (QED) is 0.613. The molecule has 2 N–H and O–H groups in total. The number of hydrogen-bond donors (Lipinski definition) is 2. The third kappa shape index (κ3) is 4.46. The van der Waals surface area contributed by atoms with Gasteiger partial charge in [0.2, 0.25) is 0 Å². The first-order valence-corrected chi connectivity index (χ1v) is 8.65. The fourth-order valence-corrected chi connectivity index (χ4v) is 2.89. The molecule has 1 heterocycles. The van der Waals surface area contributed by atoms with E-state index < -0.39 is 11.0 Å². The standard InChI is InChI=1S/C19H21N3O5/c1-12(2)18(13-6-7-16-17(10-13)27-9-8-26-16)21-19(23)20-14-4-3-5-15(11-14)22(24)25/h3-7,10-12,18H,8-9H2,1-2H3,(H2,20,21,23)/t18-/m0/s1. The summed E-state index contributed by atoms with van der Waals surface area (Å²) in [5, 5.41) is 16.4. The van der Waals surface area contributed by atoms with Crippen LogP contribution in [-0.2, 0) is 0 Å². The number of carbonyl (C=O) groups is 1. The molecule has 3 rings (SSSR count). The van der Waals surface area contributed by atoms with Crippen LogP contribution in [0.15, 0.2) is 42.5 Å². The molecule has 0 bridgehead atoms. The fourth-order valence-electron chi connectivity index (χ4n) is 2.89. The number of carbonyl (C=O) groups excluding carboxylic acids is 1. The van der Waals surface area contributed by atoms with Gasteiger partial charge in [0, 0.05) is 17.8 Å². The minimum atomic E-state index is -0.505. The Bertz CT molecular complexity index is 853. The van der Waals surface area contributed by atoms with E-state index in [1.807, 2.05) is 32.0 Å². The van der Waals surface area contributed by atoms with Gasteiger partial charge in [-0.2, -0.15) is 0 Å². The van der Waals surface area contributed by atoms with Crippen molar-refractivity contribution in [2.24, 2.45) is 5.92 Å². The van der Waals surface area contributed by atoms with E-state index in [9.17, 15) is 14.9 Å². The Labute approximate surface area is 156 Å². The summed E-state index contributed by atoms with van der Waals surface area (Å²) in [6, 6.07) is 10.7. The number of ether oxygens (including phenoxy) is 2. The molecule has 142 valence electrons. The molecule has 8 heteroatoms. The number of rotatable bonds is 5. The number of amides is 2. The Morgan fingerprint density at radius 2 is 1.85 bits per heavy atom. The zero-order chi connectivity index (χ0) is 19.4. The Hall–Kier alpha value is -3.29. The van der Waals surface area contributed by atoms with Crippen LogP contribution in [0.1, 0.15) is 25.5 Å². The summed E-state index contributed by atoms with van der Waals surface area (Å²) in [5.41, 5.74) is 1.16. The first kappa shape index (κ1) is 18.5. The van der Waals surface area contributed by atoms with Crippen LogP contribution < -0.4 is 20.1 Å². The van der Waals surface area contributed by atoms with Gasteiger partial charge in [-0.15, -0.1) is 0 Å². The number of benzene rings is 2. The average Bonchev–Trinajstić information content (AvgIpc) is 2.65. The third-order valence-electron chi connectivity index (χ3n) is 4.19. The van der Waals surface area contributed by atoms with Gasteiger partial charge in [-0.3, -0.25) is 10.1 Å². The monoisotopic (exact) mass is 371 g/mol. The van der Waals surface area contributed by atoms with Crippen molar-refractivity contribution in [2.75, 3.05) is 18.5 Å². The van der Waals surface area contributed by atoms with E-state index in [1.165, 1.54) is 18.2 Å². The molecule has 2 aromatic carbocycles. The first-order valence-electron chi connectivity index (χ1n) is 8.65. The highest BCUT2D eigenvalue weighted by atomic mass is 16.6. The van der Waals surface area contributed by atoms with Gasteiger partial charge in [-0.25, -0.2) is 4.79 Å². The summed E-state index contributed by atoms with van der Waals surface area (Å²) >= 11 is 0. The number of non-ortho nitro benzene ring substituents is 1. The second-order valence-corrected chi connectivity index (χ2v) is 6.53. The summed E-state index contributed by atoms with van der Waals surface area (Å²) < 4.78 is 11.1. The molecule has 0 aliphatic carbocycles. The molecule has 1 aliphatic heterocycles. The van der Waals surface area contributed by atoms with Crippen LogP contribution in [0.4, 0.5) is 16.2 Å². The normalized spacial score (nSPS) is 13.7. The summed E-state index contributed by atoms with van der Waals surface area (Å²) in [6.07, 6.45) is 0. The maximum absolute atomic E-state index is 12.4. The summed E-state index contributed by atoms with van der Waals surface area (Å²) in [4.78, 5) is 22.8. The molecule has 0 unspecified atom stereocenters. The predicted octanol–water partition coefficient (Wildman–Crippen LogP) is 3.88. The molecule has 2 amide bonds. The van der Waals surface area contributed by atoms with Crippen molar-refractivity contribution in [3.63, 3.8) is 0 Å². The van der Waals surface area contributed by atoms with Crippen LogP contribution in [0.5, 0.6) is 11.5 Å². The molecule has 0 spiro atoms. The highest BCUT2D eigenvalue weighted by Gasteiger charge is 2.21. The largest absolute Gasteiger partial charge is 0.486 e. The maximum atomic E-state index is 12.4. The van der Waals surface area contributed by atoms with Crippen LogP contribution in [0.3, 0.4) is 0 Å². The zero-order valence-corrected chi connectivity index (χ0v) is 15.1. The molecule has 0 fully saturated rings. The topological polar surface area (TPSA) is 103 Å². The van der Waals surface area contributed by atoms with E-state index in [2.05, 4.69) is 10.6 Å². The van der Waals surface area contributed by atoms with Crippen molar-refractivity contribution in [3.8, 4) is 11.5 Å². The third-order valence-corrected chi connectivity index (χ3v) is 4.19. The molecular weight excluding hydrogens is 350 g/mol. The second-order valence-electron chi connectivity index (χ2n) is 6.53. The average molecular weight is 371 g/mol. The van der Waals surface area contributed by atoms with Crippen molar-refractivity contribution in [1.29, 1.82) is 0 Å². The fraction of sp³-hybridized carbons (Fsp3) is 0.316. The molecule has 8 nitrogen and oxygen atoms in total. The van der Waals surface area contributed by atoms with Gasteiger partial charge in [0.25, 0.3) is 5.69 Å². The lowest BCUT2D eigenvalue weighted by molar-refractivity contribution is -0.384. The number of hydrogen-bond acceptors (Lipinski definition) is 5. The van der Waals surface area contributed by atoms with Crippen molar-refractivity contribution >= 4 is 17.4 Å². The molecule has 0 saturated heterocycles. The van der Waals surface area contributed by atoms with Crippen LogP contribution >= 0.6 is 0 Å². The Balaban J connectivity index is 1.73. The van der Waals surface area contributed by atoms with Gasteiger partial charge in [0.05, 0.1) is 11.0 Å². The van der Waals surface area contributed by atoms with Gasteiger partial charge in [0.15, 0.2) is 11.5 Å². The van der Waals surface area contributed by atoms with E-state index in [4.69, 9.17) is 9.47 Å². The molecule has 1 atom stereocenters. The lowest BCUT2D eigenvalue weighted by Gasteiger charge is -2.25. The zero-order valence-electron chi connectivity index (χ0n) is 15.1. The van der Waals surface area contributed by atoms with Crippen molar-refractivity contribution in [1.82, 2.24) is 5.32 Å². The molecule has 27 heavy (non-hydrogen) atoms. The number of nitrogens with zero attached hydrogens (tertiary/aromatic N) is 1. The first-order chi connectivity index (χ1) is 12.9. The Morgan fingerprint density at radius 3 is 2.56 bits per heavy atom. The smallest absolute Gasteiger partial charge is 0.319 e. The van der Waals surface area contributed by atoms with Gasteiger partial charge in [-0.1, -0.05) is 26.0 Å². The summed E-state index contributed by atoms with van der Waals surface area (Å²) in [7, 11) is 0. The SMILES string of the molecule is CC(C)[C@H](NC(=O)Nc1cccc([N+](=O)[O-])c1)c1ccc2c(c1)OCCO2. The number of nitrogens with one attached hydrogen (secondary N) is 2. The highest BCUT2D eigenvalue weighted by molar-refractivity contribution is 5.89. The van der Waals surface area contributed by atoms with Crippen molar-refractivity contribution < 1.29 is 19.2 Å². The van der Waals surface area contributed by atoms with Gasteiger partial charge < -0.3 is 20.1 Å². The summed E-state index contributed by atoms with van der Waals surface area (Å²) in [5.74, 6) is 1.46. The van der Waals surface area contributed by atoms with Crippen LogP contribution in [-0.4, -0.2) is 24.2 Å². The maximum Gasteiger partial charge on any atom is 0.319 e. The lowest BCUT2D eigenvalue weighted by Crippen LogP contribution is -2.35. The Morgan fingerprint density at radius 1 is 1.11 bits per heavy atom. The molecule has 0 aromatic heterocycles. The minimum absolute atomic E-state index is 0.0833. The second kappa shape index (κ2) is 7.94. The number of anilines is 1. The molecule has 0 saturated carbocycles. The van der Waals surface area contributed by atoms with Gasteiger partial charge >= 0.3 is 6.03 Å². The highest BCUT2D eigenvalue weighted by Crippen LogP contribution is 2.34. The summed E-state index contributed by atoms with van der Waals surface area (Å²) in [6.45, 7) is 5.00. The van der Waals surface area contributed by atoms with E-state index in [0.717, 1.165) is 5.56 Å². The minimum Gasteiger partial charge on any atom is -0.486 e. The van der Waals surface area contributed by atoms with Crippen LogP contribution in [0.25, 0.3) is 0 Å². The molecule has 2 aromatic rings. The van der Waals surface area contributed by atoms with Crippen molar-refractivity contribution in [3.05, 3.63) is 58.1 Å². The Kier molecular flexibility index (Phi) is 5.44. The predicted molar refractivity (Wildman–Crippen MR) is 100 cm³/mol. The van der Waals surface area contributed by atoms with Crippen LogP contribution in [0, 0.1) is 16.0 Å². The van der Waals surface area contributed by atoms with Gasteiger partial charge in [-0.05, 0) is 29.7 Å². The van der Waals surface area contributed by atoms with E-state index in [0.29, 0.717) is 30.4 Å². The van der Waals surface area contributed by atoms with Gasteiger partial charge in [0.1, 0.15) is 13.2 Å². The number of nitro groups is 1.